The number of nitrogens with zero attached hydrogens (tertiary/aromatic N) is 2. The van der Waals surface area contributed by atoms with Crippen LogP contribution in [0.2, 0.25) is 5.02 Å². The zero-order valence-corrected chi connectivity index (χ0v) is 10.7. The highest BCUT2D eigenvalue weighted by molar-refractivity contribution is 6.31. The van der Waals surface area contributed by atoms with Crippen molar-refractivity contribution in [3.63, 3.8) is 0 Å². The number of halogens is 1. The first-order valence-corrected chi connectivity index (χ1v) is 6.18. The van der Waals surface area contributed by atoms with Gasteiger partial charge < -0.3 is 10.4 Å². The minimum Gasteiger partial charge on any atom is -0.396 e. The summed E-state index contributed by atoms with van der Waals surface area (Å²) in [4.78, 5) is 0. The second-order valence-electron chi connectivity index (χ2n) is 3.63. The van der Waals surface area contributed by atoms with Crippen molar-refractivity contribution in [1.82, 2.24) is 15.1 Å². The average molecular weight is 246 g/mol. The van der Waals surface area contributed by atoms with E-state index in [1.165, 1.54) is 0 Å². The third-order valence-corrected chi connectivity index (χ3v) is 2.93. The van der Waals surface area contributed by atoms with E-state index in [1.54, 1.807) is 0 Å². The van der Waals surface area contributed by atoms with Gasteiger partial charge in [0.05, 0.1) is 16.4 Å². The van der Waals surface area contributed by atoms with Crippen molar-refractivity contribution < 1.29 is 5.11 Å². The van der Waals surface area contributed by atoms with Gasteiger partial charge in [0, 0.05) is 19.7 Å². The molecule has 0 aliphatic heterocycles. The first-order valence-electron chi connectivity index (χ1n) is 5.80. The van der Waals surface area contributed by atoms with Crippen LogP contribution in [0.25, 0.3) is 0 Å². The van der Waals surface area contributed by atoms with E-state index in [0.29, 0.717) is 6.54 Å². The van der Waals surface area contributed by atoms with Gasteiger partial charge in [-0.1, -0.05) is 18.5 Å². The van der Waals surface area contributed by atoms with Gasteiger partial charge in [-0.25, -0.2) is 0 Å². The highest BCUT2D eigenvalue weighted by Gasteiger charge is 2.13. The minimum atomic E-state index is 0.216. The molecule has 0 unspecified atom stereocenters. The summed E-state index contributed by atoms with van der Waals surface area (Å²) in [6.45, 7) is 6.66. The zero-order chi connectivity index (χ0) is 12.0. The highest BCUT2D eigenvalue weighted by Crippen LogP contribution is 2.21. The number of aliphatic hydroxyl groups excluding tert-OH is 1. The van der Waals surface area contributed by atoms with Gasteiger partial charge in [-0.2, -0.15) is 5.10 Å². The topological polar surface area (TPSA) is 50.1 Å². The standard InChI is InChI=1S/C11H20ClN3O/c1-3-9-11(12)10(15(4-2)14-9)8-13-6-5-7-16/h13,16H,3-8H2,1-2H3. The lowest BCUT2D eigenvalue weighted by molar-refractivity contribution is 0.285. The minimum absolute atomic E-state index is 0.216. The molecule has 1 aromatic rings. The predicted octanol–water partition coefficient (Wildman–Crippen LogP) is 1.59. The van der Waals surface area contributed by atoms with Crippen molar-refractivity contribution in [3.8, 4) is 0 Å². The number of hydrogen-bond donors (Lipinski definition) is 2. The van der Waals surface area contributed by atoms with E-state index < -0.39 is 0 Å². The molecule has 0 aliphatic carbocycles. The van der Waals surface area contributed by atoms with Gasteiger partial charge in [0.15, 0.2) is 0 Å². The molecular weight excluding hydrogens is 226 g/mol. The number of rotatable bonds is 7. The lowest BCUT2D eigenvalue weighted by Crippen LogP contribution is -2.18. The van der Waals surface area contributed by atoms with Crippen molar-refractivity contribution in [2.75, 3.05) is 13.2 Å². The highest BCUT2D eigenvalue weighted by atomic mass is 35.5. The molecule has 1 heterocycles. The van der Waals surface area contributed by atoms with Crippen molar-refractivity contribution >= 4 is 11.6 Å². The number of aryl methyl sites for hydroxylation is 2. The van der Waals surface area contributed by atoms with Crippen molar-refractivity contribution in [1.29, 1.82) is 0 Å². The van der Waals surface area contributed by atoms with Crippen LogP contribution >= 0.6 is 11.6 Å². The number of hydrogen-bond acceptors (Lipinski definition) is 3. The van der Waals surface area contributed by atoms with Crippen molar-refractivity contribution in [2.24, 2.45) is 0 Å². The zero-order valence-electron chi connectivity index (χ0n) is 9.96. The summed E-state index contributed by atoms with van der Waals surface area (Å²) in [5.41, 5.74) is 2.00. The first kappa shape index (κ1) is 13.5. The maximum atomic E-state index is 8.68. The molecule has 0 spiro atoms. The van der Waals surface area contributed by atoms with Crippen LogP contribution < -0.4 is 5.32 Å². The summed E-state index contributed by atoms with van der Waals surface area (Å²) in [6.07, 6.45) is 1.62. The van der Waals surface area contributed by atoms with Crippen LogP contribution in [0.5, 0.6) is 0 Å². The quantitative estimate of drug-likeness (QED) is 0.718. The lowest BCUT2D eigenvalue weighted by atomic mass is 10.3. The molecule has 1 aromatic heterocycles. The van der Waals surface area contributed by atoms with Crippen LogP contribution in [0.4, 0.5) is 0 Å². The predicted molar refractivity (Wildman–Crippen MR) is 65.7 cm³/mol. The van der Waals surface area contributed by atoms with Gasteiger partial charge in [-0.3, -0.25) is 4.68 Å². The maximum absolute atomic E-state index is 8.68. The molecule has 0 bridgehead atoms. The fourth-order valence-electron chi connectivity index (χ4n) is 1.60. The summed E-state index contributed by atoms with van der Waals surface area (Å²) >= 11 is 6.25. The smallest absolute Gasteiger partial charge is 0.0863 e. The Hall–Kier alpha value is -0.580. The normalized spacial score (nSPS) is 11.0. The Morgan fingerprint density at radius 2 is 2.19 bits per heavy atom. The molecule has 0 atom stereocenters. The van der Waals surface area contributed by atoms with Crippen LogP contribution in [0.3, 0.4) is 0 Å². The molecule has 0 aromatic carbocycles. The van der Waals surface area contributed by atoms with E-state index >= 15 is 0 Å². The SMILES string of the molecule is CCc1nn(CC)c(CNCCCO)c1Cl. The molecule has 0 radical (unpaired) electrons. The Kier molecular flexibility index (Phi) is 5.80. The van der Waals surface area contributed by atoms with E-state index in [0.717, 1.165) is 42.3 Å². The summed E-state index contributed by atoms with van der Waals surface area (Å²) in [5, 5.41) is 17.1. The van der Waals surface area contributed by atoms with E-state index in [-0.39, 0.29) is 6.61 Å². The molecule has 1 rings (SSSR count). The van der Waals surface area contributed by atoms with Crippen LogP contribution in [0, 0.1) is 0 Å². The van der Waals surface area contributed by atoms with Crippen molar-refractivity contribution in [2.45, 2.75) is 39.8 Å². The maximum Gasteiger partial charge on any atom is 0.0863 e. The van der Waals surface area contributed by atoms with Gasteiger partial charge in [-0.05, 0) is 26.3 Å². The molecule has 4 nitrogen and oxygen atoms in total. The van der Waals surface area contributed by atoms with Gasteiger partial charge in [-0.15, -0.1) is 0 Å². The van der Waals surface area contributed by atoms with Crippen LogP contribution in [0.15, 0.2) is 0 Å². The summed E-state index contributed by atoms with van der Waals surface area (Å²) in [5.74, 6) is 0. The van der Waals surface area contributed by atoms with Gasteiger partial charge in [0.1, 0.15) is 0 Å². The molecule has 0 aliphatic rings. The molecule has 0 fully saturated rings. The Balaban J connectivity index is 2.65. The van der Waals surface area contributed by atoms with Crippen molar-refractivity contribution in [3.05, 3.63) is 16.4 Å². The lowest BCUT2D eigenvalue weighted by Gasteiger charge is -2.06. The molecule has 92 valence electrons. The second-order valence-corrected chi connectivity index (χ2v) is 4.01. The summed E-state index contributed by atoms with van der Waals surface area (Å²) in [7, 11) is 0. The number of nitrogens with one attached hydrogen (secondary N) is 1. The third-order valence-electron chi connectivity index (χ3n) is 2.50. The van der Waals surface area contributed by atoms with Gasteiger partial charge in [0.25, 0.3) is 0 Å². The Labute approximate surface area is 102 Å². The monoisotopic (exact) mass is 245 g/mol. The van der Waals surface area contributed by atoms with E-state index in [9.17, 15) is 0 Å². The first-order chi connectivity index (χ1) is 7.74. The molecule has 0 amide bonds. The second kappa shape index (κ2) is 6.89. The Morgan fingerprint density at radius 1 is 1.44 bits per heavy atom. The van der Waals surface area contributed by atoms with E-state index in [4.69, 9.17) is 16.7 Å². The van der Waals surface area contributed by atoms with Crippen LogP contribution in [-0.4, -0.2) is 28.0 Å². The molecule has 2 N–H and O–H groups in total. The van der Waals surface area contributed by atoms with E-state index in [1.807, 2.05) is 4.68 Å². The third kappa shape index (κ3) is 3.20. The Bertz CT molecular complexity index is 325. The van der Waals surface area contributed by atoms with Gasteiger partial charge in [0.2, 0.25) is 0 Å². The number of aliphatic hydroxyl groups is 1. The van der Waals surface area contributed by atoms with Crippen LogP contribution in [-0.2, 0) is 19.5 Å². The molecule has 5 heteroatoms. The number of aromatic nitrogens is 2. The average Bonchev–Trinajstić information content (AvgIpc) is 2.61. The largest absolute Gasteiger partial charge is 0.396 e. The van der Waals surface area contributed by atoms with Crippen LogP contribution in [0.1, 0.15) is 31.7 Å². The summed E-state index contributed by atoms with van der Waals surface area (Å²) in [6, 6.07) is 0. The Morgan fingerprint density at radius 3 is 2.75 bits per heavy atom. The molecule has 0 saturated heterocycles. The fraction of sp³-hybridized carbons (Fsp3) is 0.727. The van der Waals surface area contributed by atoms with Gasteiger partial charge >= 0.3 is 0 Å². The molecular formula is C11H20ClN3O. The fourth-order valence-corrected chi connectivity index (χ4v) is 1.93. The molecule has 0 saturated carbocycles. The molecule has 16 heavy (non-hydrogen) atoms. The summed E-state index contributed by atoms with van der Waals surface area (Å²) < 4.78 is 1.94. The van der Waals surface area contributed by atoms with E-state index in [2.05, 4.69) is 24.3 Å².